The summed E-state index contributed by atoms with van der Waals surface area (Å²) in [4.78, 5) is 14.6. The van der Waals surface area contributed by atoms with Crippen molar-refractivity contribution in [1.29, 1.82) is 0 Å². The maximum Gasteiger partial charge on any atom is 0.338 e. The molecular formula is C9H10ClNO2. The Morgan fingerprint density at radius 3 is 2.62 bits per heavy atom. The first-order valence-electron chi connectivity index (χ1n) is 3.91. The van der Waals surface area contributed by atoms with Gasteiger partial charge in [0.2, 0.25) is 0 Å². The molecule has 70 valence electrons. The van der Waals surface area contributed by atoms with E-state index in [0.29, 0.717) is 0 Å². The Morgan fingerprint density at radius 2 is 2.23 bits per heavy atom. The first kappa shape index (κ1) is 9.99. The highest BCUT2D eigenvalue weighted by atomic mass is 35.5. The lowest BCUT2D eigenvalue weighted by atomic mass is 10.1. The average molecular weight is 200 g/mol. The van der Waals surface area contributed by atoms with Crippen molar-refractivity contribution in [1.82, 2.24) is 4.98 Å². The Hall–Kier alpha value is -1.09. The molecule has 0 fully saturated rings. The predicted octanol–water partition coefficient (Wildman–Crippen LogP) is 2.56. The lowest BCUT2D eigenvalue weighted by Gasteiger charge is -2.05. The largest absolute Gasteiger partial charge is 0.478 e. The van der Waals surface area contributed by atoms with Crippen molar-refractivity contribution in [3.05, 3.63) is 28.5 Å². The zero-order chi connectivity index (χ0) is 10.0. The molecule has 0 atom stereocenters. The van der Waals surface area contributed by atoms with Crippen molar-refractivity contribution in [3.63, 3.8) is 0 Å². The lowest BCUT2D eigenvalue weighted by Crippen LogP contribution is -2.01. The number of nitrogens with zero attached hydrogens (tertiary/aromatic N) is 1. The van der Waals surface area contributed by atoms with Crippen molar-refractivity contribution in [3.8, 4) is 0 Å². The van der Waals surface area contributed by atoms with Gasteiger partial charge in [-0.2, -0.15) is 0 Å². The molecule has 0 radical (unpaired) electrons. The van der Waals surface area contributed by atoms with E-state index in [1.807, 2.05) is 13.8 Å². The Labute approximate surface area is 81.4 Å². The molecule has 3 nitrogen and oxygen atoms in total. The van der Waals surface area contributed by atoms with Gasteiger partial charge in [-0.15, -0.1) is 0 Å². The quantitative estimate of drug-likeness (QED) is 0.797. The molecule has 0 bridgehead atoms. The zero-order valence-electron chi connectivity index (χ0n) is 7.41. The van der Waals surface area contributed by atoms with Gasteiger partial charge in [0, 0.05) is 11.9 Å². The number of rotatable bonds is 2. The summed E-state index contributed by atoms with van der Waals surface area (Å²) < 4.78 is 0. The topological polar surface area (TPSA) is 50.2 Å². The number of aromatic nitrogens is 1. The number of hydrogen-bond donors (Lipinski definition) is 1. The summed E-state index contributed by atoms with van der Waals surface area (Å²) in [5.41, 5.74) is 0.848. The molecule has 0 aromatic carbocycles. The van der Waals surface area contributed by atoms with Gasteiger partial charge in [-0.25, -0.2) is 4.79 Å². The van der Waals surface area contributed by atoms with Crippen LogP contribution in [0.4, 0.5) is 0 Å². The number of aromatic carboxylic acids is 1. The smallest absolute Gasteiger partial charge is 0.338 e. The van der Waals surface area contributed by atoms with Crippen molar-refractivity contribution >= 4 is 17.6 Å². The zero-order valence-corrected chi connectivity index (χ0v) is 8.17. The number of carboxylic acid groups (broad SMARTS) is 1. The van der Waals surface area contributed by atoms with Gasteiger partial charge in [-0.1, -0.05) is 25.4 Å². The lowest BCUT2D eigenvalue weighted by molar-refractivity contribution is 0.0696. The van der Waals surface area contributed by atoms with E-state index in [1.54, 1.807) is 6.07 Å². The molecule has 0 unspecified atom stereocenters. The van der Waals surface area contributed by atoms with Gasteiger partial charge in [0.15, 0.2) is 0 Å². The second-order valence-corrected chi connectivity index (χ2v) is 3.46. The van der Waals surface area contributed by atoms with Crippen LogP contribution >= 0.6 is 11.6 Å². The molecule has 1 heterocycles. The van der Waals surface area contributed by atoms with E-state index < -0.39 is 5.97 Å². The molecule has 0 saturated heterocycles. The van der Waals surface area contributed by atoms with Gasteiger partial charge in [0.05, 0.1) is 10.6 Å². The number of hydrogen-bond acceptors (Lipinski definition) is 2. The Kier molecular flexibility index (Phi) is 2.88. The minimum atomic E-state index is -1.05. The van der Waals surface area contributed by atoms with Gasteiger partial charge in [0.25, 0.3) is 0 Å². The molecule has 0 aliphatic carbocycles. The van der Waals surface area contributed by atoms with E-state index >= 15 is 0 Å². The van der Waals surface area contributed by atoms with Crippen molar-refractivity contribution in [2.45, 2.75) is 19.8 Å². The van der Waals surface area contributed by atoms with E-state index in [-0.39, 0.29) is 16.5 Å². The first-order chi connectivity index (χ1) is 6.02. The Bertz CT molecular complexity index is 336. The molecule has 1 N–H and O–H groups in total. The summed E-state index contributed by atoms with van der Waals surface area (Å²) in [6.45, 7) is 3.94. The van der Waals surface area contributed by atoms with Crippen molar-refractivity contribution in [2.75, 3.05) is 0 Å². The molecular weight excluding hydrogens is 190 g/mol. The fraction of sp³-hybridized carbons (Fsp3) is 0.333. The van der Waals surface area contributed by atoms with Crippen LogP contribution in [0.2, 0.25) is 5.02 Å². The van der Waals surface area contributed by atoms with Crippen LogP contribution in [0.25, 0.3) is 0 Å². The molecule has 1 aromatic heterocycles. The highest BCUT2D eigenvalue weighted by Crippen LogP contribution is 2.20. The van der Waals surface area contributed by atoms with Gasteiger partial charge in [0.1, 0.15) is 0 Å². The normalized spacial score (nSPS) is 10.5. The van der Waals surface area contributed by atoms with Gasteiger partial charge < -0.3 is 5.11 Å². The van der Waals surface area contributed by atoms with Crippen LogP contribution in [0.15, 0.2) is 12.3 Å². The van der Waals surface area contributed by atoms with Gasteiger partial charge in [-0.05, 0) is 12.0 Å². The van der Waals surface area contributed by atoms with Gasteiger partial charge in [-0.3, -0.25) is 4.98 Å². The maximum absolute atomic E-state index is 10.6. The maximum atomic E-state index is 10.6. The van der Waals surface area contributed by atoms with E-state index in [9.17, 15) is 4.79 Å². The van der Waals surface area contributed by atoms with E-state index in [1.165, 1.54) is 6.20 Å². The number of carboxylic acids is 1. The molecule has 0 aliphatic rings. The molecule has 0 aliphatic heterocycles. The van der Waals surface area contributed by atoms with Crippen LogP contribution in [-0.2, 0) is 0 Å². The minimum Gasteiger partial charge on any atom is -0.478 e. The summed E-state index contributed by atoms with van der Waals surface area (Å²) in [7, 11) is 0. The predicted molar refractivity (Wildman–Crippen MR) is 50.3 cm³/mol. The van der Waals surface area contributed by atoms with E-state index in [2.05, 4.69) is 4.98 Å². The number of halogens is 1. The Morgan fingerprint density at radius 1 is 1.62 bits per heavy atom. The minimum absolute atomic E-state index is 0.0473. The highest BCUT2D eigenvalue weighted by molar-refractivity contribution is 6.33. The molecule has 0 amide bonds. The highest BCUT2D eigenvalue weighted by Gasteiger charge is 2.10. The van der Waals surface area contributed by atoms with Crippen LogP contribution in [0.3, 0.4) is 0 Å². The molecule has 4 heteroatoms. The fourth-order valence-electron chi connectivity index (χ4n) is 0.919. The monoisotopic (exact) mass is 199 g/mol. The fourth-order valence-corrected chi connectivity index (χ4v) is 1.16. The molecule has 13 heavy (non-hydrogen) atoms. The second-order valence-electron chi connectivity index (χ2n) is 3.05. The summed E-state index contributed by atoms with van der Waals surface area (Å²) in [5.74, 6) is -0.798. The third-order valence-corrected chi connectivity index (χ3v) is 2.01. The third-order valence-electron chi connectivity index (χ3n) is 1.70. The summed E-state index contributed by atoms with van der Waals surface area (Å²) in [5, 5.41) is 8.91. The van der Waals surface area contributed by atoms with Crippen LogP contribution < -0.4 is 0 Å². The summed E-state index contributed by atoms with van der Waals surface area (Å²) >= 11 is 5.75. The van der Waals surface area contributed by atoms with Gasteiger partial charge >= 0.3 is 5.97 Å². The van der Waals surface area contributed by atoms with Crippen molar-refractivity contribution < 1.29 is 9.90 Å². The van der Waals surface area contributed by atoms with Crippen LogP contribution in [-0.4, -0.2) is 16.1 Å². The molecule has 1 aromatic rings. The summed E-state index contributed by atoms with van der Waals surface area (Å²) in [6, 6.07) is 1.59. The Balaban J connectivity index is 3.13. The first-order valence-corrected chi connectivity index (χ1v) is 4.29. The van der Waals surface area contributed by atoms with Crippen molar-refractivity contribution in [2.24, 2.45) is 0 Å². The number of carbonyl (C=O) groups is 1. The van der Waals surface area contributed by atoms with Crippen LogP contribution in [0, 0.1) is 0 Å². The third kappa shape index (κ3) is 2.18. The molecule has 0 saturated carbocycles. The second kappa shape index (κ2) is 3.75. The van der Waals surface area contributed by atoms with Crippen LogP contribution in [0.1, 0.15) is 35.8 Å². The van der Waals surface area contributed by atoms with E-state index in [0.717, 1.165) is 5.69 Å². The summed E-state index contributed by atoms with van der Waals surface area (Å²) in [6.07, 6.45) is 1.29. The SMILES string of the molecule is CC(C)c1cc(Cl)c(C(=O)O)cn1. The van der Waals surface area contributed by atoms with E-state index in [4.69, 9.17) is 16.7 Å². The molecule has 0 spiro atoms. The average Bonchev–Trinajstić information content (AvgIpc) is 2.03. The van der Waals surface area contributed by atoms with Crippen LogP contribution in [0.5, 0.6) is 0 Å². The standard InChI is InChI=1S/C9H10ClNO2/c1-5(2)8-3-7(10)6(4-11-8)9(12)13/h3-5H,1-2H3,(H,12,13). The molecule has 1 rings (SSSR count). The number of pyridine rings is 1.